The zero-order valence-corrected chi connectivity index (χ0v) is 10.5. The molecule has 1 heterocycles. The second kappa shape index (κ2) is 6.53. The maximum absolute atomic E-state index is 12.1. The summed E-state index contributed by atoms with van der Waals surface area (Å²) in [4.78, 5) is 9.47. The lowest BCUT2D eigenvalue weighted by Crippen LogP contribution is -2.25. The largest absolute Gasteiger partial charge is 0.390 e. The summed E-state index contributed by atoms with van der Waals surface area (Å²) in [6, 6.07) is 0. The molecule has 7 heteroatoms. The van der Waals surface area contributed by atoms with E-state index in [1.165, 1.54) is 4.90 Å². The minimum absolute atomic E-state index is 0.143. The number of hydrogen-bond donors (Lipinski definition) is 1. The Morgan fingerprint density at radius 1 is 1.28 bits per heavy atom. The van der Waals surface area contributed by atoms with E-state index in [-0.39, 0.29) is 6.54 Å². The highest BCUT2D eigenvalue weighted by Crippen LogP contribution is 2.20. The van der Waals surface area contributed by atoms with Crippen molar-refractivity contribution in [3.05, 3.63) is 18.0 Å². The number of anilines is 1. The van der Waals surface area contributed by atoms with Crippen LogP contribution in [0.1, 0.15) is 18.9 Å². The molecule has 0 fully saturated rings. The van der Waals surface area contributed by atoms with Gasteiger partial charge in [-0.3, -0.25) is 0 Å². The van der Waals surface area contributed by atoms with Crippen molar-refractivity contribution in [3.8, 4) is 0 Å². The van der Waals surface area contributed by atoms with Crippen molar-refractivity contribution in [1.82, 2.24) is 15.3 Å². The Morgan fingerprint density at radius 3 is 2.39 bits per heavy atom. The Kier molecular flexibility index (Phi) is 5.33. The lowest BCUT2D eigenvalue weighted by molar-refractivity contribution is -0.132. The number of rotatable bonds is 6. The Labute approximate surface area is 104 Å². The fourth-order valence-electron chi connectivity index (χ4n) is 1.30. The molecule has 0 aliphatic carbocycles. The fraction of sp³-hybridized carbons (Fsp3) is 0.636. The van der Waals surface area contributed by atoms with Gasteiger partial charge in [-0.25, -0.2) is 9.97 Å². The first-order valence-electron chi connectivity index (χ1n) is 5.72. The standard InChI is InChI=1S/C11H17F3N4/c1-3-15-6-9-7-16-10(17-8-9)18(2)5-4-11(12,13)14/h7-8,15H,3-6H2,1-2H3. The van der Waals surface area contributed by atoms with Gasteiger partial charge in [0.15, 0.2) is 0 Å². The topological polar surface area (TPSA) is 41.1 Å². The molecule has 0 atom stereocenters. The third kappa shape index (κ3) is 5.31. The highest BCUT2D eigenvalue weighted by atomic mass is 19.4. The molecule has 0 bridgehead atoms. The van der Waals surface area contributed by atoms with E-state index in [1.807, 2.05) is 6.92 Å². The molecule has 1 aromatic rings. The van der Waals surface area contributed by atoms with Crippen LogP contribution in [-0.2, 0) is 6.54 Å². The SMILES string of the molecule is CCNCc1cnc(N(C)CCC(F)(F)F)nc1. The Bertz CT molecular complexity index is 350. The van der Waals surface area contributed by atoms with Crippen molar-refractivity contribution in [2.75, 3.05) is 25.0 Å². The number of nitrogens with one attached hydrogen (secondary N) is 1. The van der Waals surface area contributed by atoms with E-state index in [1.54, 1.807) is 19.4 Å². The Balaban J connectivity index is 2.51. The molecule has 102 valence electrons. The van der Waals surface area contributed by atoms with Crippen molar-refractivity contribution in [1.29, 1.82) is 0 Å². The molecular formula is C11H17F3N4. The van der Waals surface area contributed by atoms with Gasteiger partial charge in [-0.1, -0.05) is 6.92 Å². The molecule has 1 rings (SSSR count). The third-order valence-electron chi connectivity index (χ3n) is 2.34. The van der Waals surface area contributed by atoms with E-state index in [0.29, 0.717) is 12.5 Å². The lowest BCUT2D eigenvalue weighted by Gasteiger charge is -2.17. The van der Waals surface area contributed by atoms with Gasteiger partial charge >= 0.3 is 6.18 Å². The summed E-state index contributed by atoms with van der Waals surface area (Å²) in [6.45, 7) is 3.34. The highest BCUT2D eigenvalue weighted by Gasteiger charge is 2.27. The highest BCUT2D eigenvalue weighted by molar-refractivity contribution is 5.28. The van der Waals surface area contributed by atoms with Gasteiger partial charge in [-0.2, -0.15) is 13.2 Å². The molecule has 18 heavy (non-hydrogen) atoms. The third-order valence-corrected chi connectivity index (χ3v) is 2.34. The maximum Gasteiger partial charge on any atom is 0.390 e. The molecule has 1 aromatic heterocycles. The molecule has 4 nitrogen and oxygen atoms in total. The summed E-state index contributed by atoms with van der Waals surface area (Å²) in [6.07, 6.45) is -1.78. The Morgan fingerprint density at radius 2 is 1.89 bits per heavy atom. The molecule has 0 radical (unpaired) electrons. The predicted molar refractivity (Wildman–Crippen MR) is 63.4 cm³/mol. The first-order valence-corrected chi connectivity index (χ1v) is 5.72. The van der Waals surface area contributed by atoms with Gasteiger partial charge in [0.2, 0.25) is 5.95 Å². The van der Waals surface area contributed by atoms with Gasteiger partial charge in [0.1, 0.15) is 0 Å². The van der Waals surface area contributed by atoms with Crippen molar-refractivity contribution >= 4 is 5.95 Å². The number of alkyl halides is 3. The average molecular weight is 262 g/mol. The first kappa shape index (κ1) is 14.7. The quantitative estimate of drug-likeness (QED) is 0.851. The molecule has 0 saturated heterocycles. The molecule has 0 aliphatic heterocycles. The van der Waals surface area contributed by atoms with Gasteiger partial charge in [0.25, 0.3) is 0 Å². The molecule has 0 aliphatic rings. The molecule has 0 unspecified atom stereocenters. The summed E-state index contributed by atoms with van der Waals surface area (Å²) in [5, 5.41) is 3.12. The smallest absolute Gasteiger partial charge is 0.344 e. The lowest BCUT2D eigenvalue weighted by atomic mass is 10.3. The van der Waals surface area contributed by atoms with E-state index in [9.17, 15) is 13.2 Å². The van der Waals surface area contributed by atoms with Crippen LogP contribution in [0, 0.1) is 0 Å². The minimum atomic E-state index is -4.15. The zero-order valence-electron chi connectivity index (χ0n) is 10.5. The van der Waals surface area contributed by atoms with E-state index in [4.69, 9.17) is 0 Å². The summed E-state index contributed by atoms with van der Waals surface area (Å²) in [7, 11) is 1.55. The summed E-state index contributed by atoms with van der Waals surface area (Å²) < 4.78 is 36.2. The van der Waals surface area contributed by atoms with Gasteiger partial charge in [0.05, 0.1) is 6.42 Å². The summed E-state index contributed by atoms with van der Waals surface area (Å²) in [5.74, 6) is 0.305. The van der Waals surface area contributed by atoms with Crippen LogP contribution < -0.4 is 10.2 Å². The number of hydrogen-bond acceptors (Lipinski definition) is 4. The van der Waals surface area contributed by atoms with Crippen LogP contribution in [0.5, 0.6) is 0 Å². The van der Waals surface area contributed by atoms with Gasteiger partial charge < -0.3 is 10.2 Å². The van der Waals surface area contributed by atoms with Crippen LogP contribution in [0.4, 0.5) is 19.1 Å². The van der Waals surface area contributed by atoms with Crippen LogP contribution in [0.3, 0.4) is 0 Å². The molecule has 0 aromatic carbocycles. The molecule has 0 amide bonds. The van der Waals surface area contributed by atoms with Crippen LogP contribution in [0.25, 0.3) is 0 Å². The van der Waals surface area contributed by atoms with E-state index < -0.39 is 12.6 Å². The van der Waals surface area contributed by atoms with Gasteiger partial charge in [-0.05, 0) is 6.54 Å². The second-order valence-electron chi connectivity index (χ2n) is 3.96. The van der Waals surface area contributed by atoms with Gasteiger partial charge in [0, 0.05) is 38.1 Å². The number of halogens is 3. The summed E-state index contributed by atoms with van der Waals surface area (Å²) >= 11 is 0. The fourth-order valence-corrected chi connectivity index (χ4v) is 1.30. The van der Waals surface area contributed by atoms with Crippen molar-refractivity contribution in [3.63, 3.8) is 0 Å². The van der Waals surface area contributed by atoms with Crippen LogP contribution in [0.15, 0.2) is 12.4 Å². The molecule has 0 saturated carbocycles. The predicted octanol–water partition coefficient (Wildman–Crippen LogP) is 1.97. The molecular weight excluding hydrogens is 245 g/mol. The number of aromatic nitrogens is 2. The van der Waals surface area contributed by atoms with Crippen LogP contribution in [-0.4, -0.2) is 36.3 Å². The maximum atomic E-state index is 12.1. The van der Waals surface area contributed by atoms with Crippen LogP contribution >= 0.6 is 0 Å². The normalized spacial score (nSPS) is 11.6. The van der Waals surface area contributed by atoms with Crippen molar-refractivity contribution in [2.24, 2.45) is 0 Å². The average Bonchev–Trinajstić information content (AvgIpc) is 2.33. The number of nitrogens with zero attached hydrogens (tertiary/aromatic N) is 3. The Hall–Kier alpha value is -1.37. The van der Waals surface area contributed by atoms with Gasteiger partial charge in [-0.15, -0.1) is 0 Å². The monoisotopic (exact) mass is 262 g/mol. The zero-order chi connectivity index (χ0) is 13.6. The first-order chi connectivity index (χ1) is 8.42. The second-order valence-corrected chi connectivity index (χ2v) is 3.96. The molecule has 0 spiro atoms. The van der Waals surface area contributed by atoms with Crippen molar-refractivity contribution < 1.29 is 13.2 Å². The van der Waals surface area contributed by atoms with E-state index in [0.717, 1.165) is 12.1 Å². The van der Waals surface area contributed by atoms with E-state index in [2.05, 4.69) is 15.3 Å². The van der Waals surface area contributed by atoms with E-state index >= 15 is 0 Å². The molecule has 1 N–H and O–H groups in total. The van der Waals surface area contributed by atoms with Crippen molar-refractivity contribution in [2.45, 2.75) is 26.1 Å². The minimum Gasteiger partial charge on any atom is -0.344 e. The van der Waals surface area contributed by atoms with Crippen LogP contribution in [0.2, 0.25) is 0 Å². The summed E-state index contributed by atoms with van der Waals surface area (Å²) in [5.41, 5.74) is 0.907.